The minimum atomic E-state index is -3.80. The van der Waals surface area contributed by atoms with E-state index in [1.165, 1.54) is 25.3 Å². The predicted octanol–water partition coefficient (Wildman–Crippen LogP) is 3.09. The minimum Gasteiger partial charge on any atom is -0.497 e. The summed E-state index contributed by atoms with van der Waals surface area (Å²) in [6.45, 7) is 3.46. The Morgan fingerprint density at radius 1 is 1.07 bits per heavy atom. The smallest absolute Gasteiger partial charge is 0.241 e. The van der Waals surface area contributed by atoms with Gasteiger partial charge in [0, 0.05) is 12.5 Å². The molecule has 2 aromatic carbocycles. The van der Waals surface area contributed by atoms with E-state index in [1.807, 2.05) is 0 Å². The molecule has 2 rings (SSSR count). The highest BCUT2D eigenvalue weighted by Crippen LogP contribution is 2.28. The fourth-order valence-electron chi connectivity index (χ4n) is 2.45. The third-order valence-corrected chi connectivity index (χ3v) is 5.56. The van der Waals surface area contributed by atoms with Crippen LogP contribution in [0.1, 0.15) is 31.9 Å². The zero-order valence-electron chi connectivity index (χ0n) is 15.8. The van der Waals surface area contributed by atoms with Gasteiger partial charge >= 0.3 is 0 Å². The fourth-order valence-corrected chi connectivity index (χ4v) is 3.71. The number of carbonyl (C=O) groups is 1. The lowest BCUT2D eigenvalue weighted by atomic mass is 10.1. The van der Waals surface area contributed by atoms with Crippen LogP contribution < -0.4 is 19.5 Å². The van der Waals surface area contributed by atoms with E-state index in [-0.39, 0.29) is 17.2 Å². The molecule has 0 fully saturated rings. The van der Waals surface area contributed by atoms with Crippen molar-refractivity contribution in [1.29, 1.82) is 0 Å². The summed E-state index contributed by atoms with van der Waals surface area (Å²) in [5, 5.41) is 2.65. The molecule has 146 valence electrons. The maximum atomic E-state index is 12.8. The van der Waals surface area contributed by atoms with Crippen molar-refractivity contribution < 1.29 is 22.7 Å². The number of carbonyl (C=O) groups excluding carboxylic acids is 1. The lowest BCUT2D eigenvalue weighted by Crippen LogP contribution is -2.27. The monoisotopic (exact) mass is 392 g/mol. The number of amides is 1. The topological polar surface area (TPSA) is 93.7 Å². The summed E-state index contributed by atoms with van der Waals surface area (Å²) >= 11 is 0. The van der Waals surface area contributed by atoms with E-state index in [1.54, 1.807) is 45.2 Å². The molecule has 2 aromatic rings. The largest absolute Gasteiger partial charge is 0.497 e. The summed E-state index contributed by atoms with van der Waals surface area (Å²) in [4.78, 5) is 11.7. The predicted molar refractivity (Wildman–Crippen MR) is 104 cm³/mol. The summed E-state index contributed by atoms with van der Waals surface area (Å²) in [5.41, 5.74) is 1.11. The van der Waals surface area contributed by atoms with Crippen LogP contribution in [0.5, 0.6) is 11.5 Å². The third kappa shape index (κ3) is 5.21. The average Bonchev–Trinajstić information content (AvgIpc) is 2.67. The van der Waals surface area contributed by atoms with Gasteiger partial charge in [0.1, 0.15) is 11.5 Å². The number of rotatable bonds is 8. The Bertz CT molecular complexity index is 895. The number of anilines is 1. The van der Waals surface area contributed by atoms with Crippen molar-refractivity contribution >= 4 is 21.6 Å². The van der Waals surface area contributed by atoms with Crippen LogP contribution in [0.25, 0.3) is 0 Å². The standard InChI is InChI=1S/C19H24N2O5S/c1-5-19(22)20-17-12-16(10-11-18(17)26-4)27(23,24)21-13(2)14-6-8-15(25-3)9-7-14/h6-13,21H,5H2,1-4H3,(H,20,22). The highest BCUT2D eigenvalue weighted by atomic mass is 32.2. The van der Waals surface area contributed by atoms with Gasteiger partial charge in [-0.25, -0.2) is 13.1 Å². The molecule has 8 heteroatoms. The number of sulfonamides is 1. The molecule has 2 N–H and O–H groups in total. The zero-order chi connectivity index (χ0) is 20.0. The van der Waals surface area contributed by atoms with E-state index in [4.69, 9.17) is 9.47 Å². The van der Waals surface area contributed by atoms with E-state index < -0.39 is 16.1 Å². The molecular weight excluding hydrogens is 368 g/mol. The Balaban J connectivity index is 2.26. The molecule has 0 aromatic heterocycles. The molecule has 0 radical (unpaired) electrons. The Morgan fingerprint density at radius 3 is 2.30 bits per heavy atom. The van der Waals surface area contributed by atoms with Gasteiger partial charge in [0.2, 0.25) is 15.9 Å². The first kappa shape index (κ1) is 20.7. The van der Waals surface area contributed by atoms with Gasteiger partial charge in [-0.2, -0.15) is 0 Å². The van der Waals surface area contributed by atoms with E-state index in [9.17, 15) is 13.2 Å². The number of hydrogen-bond donors (Lipinski definition) is 2. The number of benzene rings is 2. The summed E-state index contributed by atoms with van der Waals surface area (Å²) in [6.07, 6.45) is 0.271. The molecule has 0 saturated heterocycles. The third-order valence-electron chi connectivity index (χ3n) is 4.02. The molecule has 0 aliphatic heterocycles. The first-order chi connectivity index (χ1) is 12.8. The van der Waals surface area contributed by atoms with Gasteiger partial charge in [-0.05, 0) is 42.8 Å². The molecule has 27 heavy (non-hydrogen) atoms. The van der Waals surface area contributed by atoms with Crippen LogP contribution in [0.4, 0.5) is 5.69 Å². The minimum absolute atomic E-state index is 0.0371. The van der Waals surface area contributed by atoms with E-state index >= 15 is 0 Å². The van der Waals surface area contributed by atoms with Gasteiger partial charge in [0.15, 0.2) is 0 Å². The molecule has 0 bridgehead atoms. The zero-order valence-corrected chi connectivity index (χ0v) is 16.6. The normalized spacial score (nSPS) is 12.3. The van der Waals surface area contributed by atoms with Crippen LogP contribution in [0.15, 0.2) is 47.4 Å². The summed E-state index contributed by atoms with van der Waals surface area (Å²) in [7, 11) is -0.779. The molecular formula is C19H24N2O5S. The van der Waals surface area contributed by atoms with Crippen LogP contribution >= 0.6 is 0 Å². The van der Waals surface area contributed by atoms with Crippen LogP contribution in [0.3, 0.4) is 0 Å². The maximum absolute atomic E-state index is 12.8. The highest BCUT2D eigenvalue weighted by Gasteiger charge is 2.20. The lowest BCUT2D eigenvalue weighted by molar-refractivity contribution is -0.115. The van der Waals surface area contributed by atoms with Crippen LogP contribution in [-0.2, 0) is 14.8 Å². The van der Waals surface area contributed by atoms with Crippen molar-refractivity contribution in [3.63, 3.8) is 0 Å². The SMILES string of the molecule is CCC(=O)Nc1cc(S(=O)(=O)NC(C)c2ccc(OC)cc2)ccc1OC. The summed E-state index contributed by atoms with van der Waals surface area (Å²) in [5.74, 6) is 0.849. The van der Waals surface area contributed by atoms with Crippen molar-refractivity contribution in [3.05, 3.63) is 48.0 Å². The highest BCUT2D eigenvalue weighted by molar-refractivity contribution is 7.89. The van der Waals surface area contributed by atoms with Crippen molar-refractivity contribution in [1.82, 2.24) is 4.72 Å². The Kier molecular flexibility index (Phi) is 6.81. The first-order valence-corrected chi connectivity index (χ1v) is 9.93. The second-order valence-corrected chi connectivity index (χ2v) is 7.59. The van der Waals surface area contributed by atoms with Crippen LogP contribution in [0.2, 0.25) is 0 Å². The van der Waals surface area contributed by atoms with Crippen LogP contribution in [-0.4, -0.2) is 28.5 Å². The molecule has 1 atom stereocenters. The quantitative estimate of drug-likeness (QED) is 0.720. The van der Waals surface area contributed by atoms with Gasteiger partial charge in [-0.3, -0.25) is 4.79 Å². The number of ether oxygens (including phenoxy) is 2. The van der Waals surface area contributed by atoms with Crippen LogP contribution in [0, 0.1) is 0 Å². The summed E-state index contributed by atoms with van der Waals surface area (Å²) < 4.78 is 38.4. The fraction of sp³-hybridized carbons (Fsp3) is 0.316. The molecule has 0 spiro atoms. The van der Waals surface area contributed by atoms with E-state index in [0.717, 1.165) is 5.56 Å². The van der Waals surface area contributed by atoms with E-state index in [2.05, 4.69) is 10.0 Å². The maximum Gasteiger partial charge on any atom is 0.241 e. The van der Waals surface area contributed by atoms with Crippen molar-refractivity contribution in [3.8, 4) is 11.5 Å². The molecule has 0 saturated carbocycles. The molecule has 0 aliphatic rings. The lowest BCUT2D eigenvalue weighted by Gasteiger charge is -2.16. The Morgan fingerprint density at radius 2 is 1.74 bits per heavy atom. The number of methoxy groups -OCH3 is 2. The molecule has 1 amide bonds. The van der Waals surface area contributed by atoms with E-state index in [0.29, 0.717) is 17.2 Å². The number of nitrogens with one attached hydrogen (secondary N) is 2. The number of hydrogen-bond acceptors (Lipinski definition) is 5. The second-order valence-electron chi connectivity index (χ2n) is 5.88. The second kappa shape index (κ2) is 8.88. The first-order valence-electron chi connectivity index (χ1n) is 8.45. The van der Waals surface area contributed by atoms with Gasteiger partial charge < -0.3 is 14.8 Å². The molecule has 0 aliphatic carbocycles. The molecule has 1 unspecified atom stereocenters. The Labute approximate surface area is 159 Å². The van der Waals surface area contributed by atoms with Gasteiger partial charge in [0.05, 0.1) is 24.8 Å². The van der Waals surface area contributed by atoms with Crippen molar-refractivity contribution in [2.75, 3.05) is 19.5 Å². The average molecular weight is 392 g/mol. The van der Waals surface area contributed by atoms with Gasteiger partial charge in [0.25, 0.3) is 0 Å². The van der Waals surface area contributed by atoms with Gasteiger partial charge in [-0.1, -0.05) is 19.1 Å². The van der Waals surface area contributed by atoms with Crippen molar-refractivity contribution in [2.45, 2.75) is 31.2 Å². The summed E-state index contributed by atoms with van der Waals surface area (Å²) in [6, 6.07) is 11.0. The molecule has 0 heterocycles. The van der Waals surface area contributed by atoms with Crippen molar-refractivity contribution in [2.24, 2.45) is 0 Å². The van der Waals surface area contributed by atoms with Gasteiger partial charge in [-0.15, -0.1) is 0 Å². The molecule has 7 nitrogen and oxygen atoms in total. The Hall–Kier alpha value is -2.58.